The Hall–Kier alpha value is -1.49. The van der Waals surface area contributed by atoms with Gasteiger partial charge in [-0.1, -0.05) is 24.8 Å². The molecule has 0 fully saturated rings. The van der Waals surface area contributed by atoms with Crippen LogP contribution in [0.3, 0.4) is 0 Å². The molecule has 0 rings (SSSR count). The highest BCUT2D eigenvalue weighted by Gasteiger charge is 2.19. The van der Waals surface area contributed by atoms with Crippen LogP contribution in [0.4, 0.5) is 4.79 Å². The van der Waals surface area contributed by atoms with E-state index in [0.717, 1.165) is 4.91 Å². The molecule has 1 atom stereocenters. The summed E-state index contributed by atoms with van der Waals surface area (Å²) in [5.41, 5.74) is -0.581. The van der Waals surface area contributed by atoms with Crippen molar-refractivity contribution >= 4 is 24.1 Å². The molecule has 0 saturated heterocycles. The van der Waals surface area contributed by atoms with Crippen LogP contribution < -0.4 is 5.32 Å². The Morgan fingerprint density at radius 1 is 1.45 bits per heavy atom. The molecule has 1 amide bonds. The zero-order valence-electron chi connectivity index (χ0n) is 12.5. The number of nitrogens with one attached hydrogen (secondary N) is 1. The zero-order chi connectivity index (χ0) is 15.6. The zero-order valence-corrected chi connectivity index (χ0v) is 13.3. The van der Waals surface area contributed by atoms with Crippen LogP contribution in [0.2, 0.25) is 0 Å². The van der Waals surface area contributed by atoms with Gasteiger partial charge < -0.3 is 14.8 Å². The summed E-state index contributed by atoms with van der Waals surface area (Å²) in [6.07, 6.45) is 7.51. The molecule has 1 N–H and O–H groups in total. The van der Waals surface area contributed by atoms with E-state index in [1.165, 1.54) is 11.8 Å². The minimum absolute atomic E-state index is 0.429. The molecule has 0 aromatic heterocycles. The van der Waals surface area contributed by atoms with Gasteiger partial charge in [-0.2, -0.15) is 0 Å². The van der Waals surface area contributed by atoms with Crippen molar-refractivity contribution in [1.29, 1.82) is 0 Å². The van der Waals surface area contributed by atoms with E-state index >= 15 is 0 Å². The second kappa shape index (κ2) is 9.42. The van der Waals surface area contributed by atoms with E-state index in [1.54, 1.807) is 26.8 Å². The van der Waals surface area contributed by atoms with Gasteiger partial charge in [0.25, 0.3) is 0 Å². The van der Waals surface area contributed by atoms with Crippen LogP contribution in [-0.2, 0) is 9.53 Å². The molecule has 0 aliphatic rings. The lowest BCUT2D eigenvalue weighted by molar-refractivity contribution is -0.109. The highest BCUT2D eigenvalue weighted by Crippen LogP contribution is 2.17. The summed E-state index contributed by atoms with van der Waals surface area (Å²) < 4.78 is 5.10. The fourth-order valence-electron chi connectivity index (χ4n) is 1.13. The molecule has 1 unspecified atom stereocenters. The second-order valence-corrected chi connectivity index (χ2v) is 6.09. The highest BCUT2D eigenvalue weighted by molar-refractivity contribution is 8.03. The van der Waals surface area contributed by atoms with Crippen molar-refractivity contribution in [2.24, 2.45) is 0 Å². The molecule has 112 valence electrons. The van der Waals surface area contributed by atoms with E-state index < -0.39 is 17.7 Å². The first kappa shape index (κ1) is 18.5. The van der Waals surface area contributed by atoms with Gasteiger partial charge in [0, 0.05) is 10.7 Å². The number of hydrogen-bond donors (Lipinski definition) is 1. The van der Waals surface area contributed by atoms with E-state index in [-0.39, 0.29) is 0 Å². The van der Waals surface area contributed by atoms with Gasteiger partial charge in [-0.15, -0.1) is 11.8 Å². The largest absolute Gasteiger partial charge is 0.444 e. The van der Waals surface area contributed by atoms with Crippen LogP contribution >= 0.6 is 11.8 Å². The van der Waals surface area contributed by atoms with Gasteiger partial charge >= 0.3 is 6.09 Å². The first-order valence-electron chi connectivity index (χ1n) is 6.35. The fourth-order valence-corrected chi connectivity index (χ4v) is 1.95. The molecule has 0 spiro atoms. The van der Waals surface area contributed by atoms with Crippen LogP contribution in [0.5, 0.6) is 0 Å². The smallest absolute Gasteiger partial charge is 0.408 e. The molecular weight excluding hydrogens is 274 g/mol. The van der Waals surface area contributed by atoms with Crippen LogP contribution in [0.15, 0.2) is 35.8 Å². The Labute approximate surface area is 125 Å². The van der Waals surface area contributed by atoms with Crippen molar-refractivity contribution in [3.05, 3.63) is 35.8 Å². The highest BCUT2D eigenvalue weighted by atomic mass is 32.2. The Bertz CT molecular complexity index is 394. The number of thioether (sulfide) groups is 1. The SMILES string of the molecule is C=C/C(=C\C=C/C)SCC(C=O)NC(=O)OC(C)(C)C. The predicted octanol–water partition coefficient (Wildman–Crippen LogP) is 3.46. The van der Waals surface area contributed by atoms with E-state index in [9.17, 15) is 9.59 Å². The third-order valence-corrected chi connectivity index (χ3v) is 3.11. The van der Waals surface area contributed by atoms with Crippen LogP contribution in [0.1, 0.15) is 27.7 Å². The van der Waals surface area contributed by atoms with Gasteiger partial charge in [0.15, 0.2) is 0 Å². The molecule has 0 heterocycles. The van der Waals surface area contributed by atoms with Crippen molar-refractivity contribution in [1.82, 2.24) is 5.32 Å². The molecule has 0 aromatic carbocycles. The number of alkyl carbamates (subject to hydrolysis) is 1. The molecule has 0 aromatic rings. The van der Waals surface area contributed by atoms with Crippen molar-refractivity contribution in [3.63, 3.8) is 0 Å². The Balaban J connectivity index is 4.38. The van der Waals surface area contributed by atoms with Crippen molar-refractivity contribution in [2.45, 2.75) is 39.3 Å². The lowest BCUT2D eigenvalue weighted by Gasteiger charge is -2.21. The number of rotatable bonds is 7. The predicted molar refractivity (Wildman–Crippen MR) is 84.8 cm³/mol. The summed E-state index contributed by atoms with van der Waals surface area (Å²) in [4.78, 5) is 23.5. The summed E-state index contributed by atoms with van der Waals surface area (Å²) in [6.45, 7) is 10.9. The Morgan fingerprint density at radius 2 is 2.10 bits per heavy atom. The van der Waals surface area contributed by atoms with E-state index in [4.69, 9.17) is 4.74 Å². The molecular formula is C15H23NO3S. The average Bonchev–Trinajstić information content (AvgIpc) is 2.35. The topological polar surface area (TPSA) is 55.4 Å². The maximum absolute atomic E-state index is 11.6. The number of carbonyl (C=O) groups excluding carboxylic acids is 2. The van der Waals surface area contributed by atoms with Gasteiger partial charge in [0.2, 0.25) is 0 Å². The van der Waals surface area contributed by atoms with Crippen molar-refractivity contribution < 1.29 is 14.3 Å². The second-order valence-electron chi connectivity index (χ2n) is 5.00. The van der Waals surface area contributed by atoms with E-state index in [1.807, 2.05) is 25.2 Å². The molecule has 0 aliphatic heterocycles. The van der Waals surface area contributed by atoms with Gasteiger partial charge in [-0.3, -0.25) is 0 Å². The summed E-state index contributed by atoms with van der Waals surface area (Å²) in [5, 5.41) is 2.53. The fraction of sp³-hybridized carbons (Fsp3) is 0.467. The summed E-state index contributed by atoms with van der Waals surface area (Å²) >= 11 is 1.44. The van der Waals surface area contributed by atoms with Crippen LogP contribution in [-0.4, -0.2) is 29.8 Å². The maximum Gasteiger partial charge on any atom is 0.408 e. The van der Waals surface area contributed by atoms with Gasteiger partial charge in [-0.25, -0.2) is 4.79 Å². The molecule has 4 nitrogen and oxygen atoms in total. The summed E-state index contributed by atoms with van der Waals surface area (Å²) in [6, 6.07) is -0.594. The van der Waals surface area contributed by atoms with Crippen molar-refractivity contribution in [2.75, 3.05) is 5.75 Å². The van der Waals surface area contributed by atoms with E-state index in [2.05, 4.69) is 11.9 Å². The van der Waals surface area contributed by atoms with Gasteiger partial charge in [0.05, 0.1) is 6.04 Å². The molecule has 0 saturated carbocycles. The normalized spacial score (nSPS) is 13.9. The number of hydrogen-bond acceptors (Lipinski definition) is 4. The monoisotopic (exact) mass is 297 g/mol. The van der Waals surface area contributed by atoms with E-state index in [0.29, 0.717) is 12.0 Å². The first-order valence-corrected chi connectivity index (χ1v) is 7.34. The van der Waals surface area contributed by atoms with Crippen LogP contribution in [0.25, 0.3) is 0 Å². The Kier molecular flexibility index (Phi) is 8.72. The molecule has 0 aliphatic carbocycles. The van der Waals surface area contributed by atoms with Gasteiger partial charge in [-0.05, 0) is 33.8 Å². The molecule has 0 bridgehead atoms. The lowest BCUT2D eigenvalue weighted by atomic mass is 10.2. The lowest BCUT2D eigenvalue weighted by Crippen LogP contribution is -2.41. The third-order valence-electron chi connectivity index (χ3n) is 1.95. The average molecular weight is 297 g/mol. The minimum Gasteiger partial charge on any atom is -0.444 e. The summed E-state index contributed by atoms with van der Waals surface area (Å²) in [7, 11) is 0. The number of allylic oxidation sites excluding steroid dienone is 4. The third kappa shape index (κ3) is 9.44. The maximum atomic E-state index is 11.6. The summed E-state index contributed by atoms with van der Waals surface area (Å²) in [5.74, 6) is 0.429. The minimum atomic E-state index is -0.594. The molecule has 5 heteroatoms. The number of aldehydes is 1. The molecule has 0 radical (unpaired) electrons. The standard InChI is InChI=1S/C15H23NO3S/c1-6-8-9-13(7-2)20-11-12(10-17)16-14(18)19-15(3,4)5/h6-10,12H,2,11H2,1,3-5H3,(H,16,18)/b8-6-,13-9+. The molecule has 20 heavy (non-hydrogen) atoms. The Morgan fingerprint density at radius 3 is 2.55 bits per heavy atom. The quantitative estimate of drug-likeness (QED) is 0.577. The first-order chi connectivity index (χ1) is 9.32. The number of ether oxygens (including phenoxy) is 1. The van der Waals surface area contributed by atoms with Gasteiger partial charge in [0.1, 0.15) is 11.9 Å². The number of amides is 1. The van der Waals surface area contributed by atoms with Crippen LogP contribution in [0, 0.1) is 0 Å². The number of carbonyl (C=O) groups is 2. The van der Waals surface area contributed by atoms with Crippen molar-refractivity contribution in [3.8, 4) is 0 Å².